The molecule has 0 radical (unpaired) electrons. The predicted octanol–water partition coefficient (Wildman–Crippen LogP) is 2.69. The van der Waals surface area contributed by atoms with E-state index in [4.69, 9.17) is 0 Å². The van der Waals surface area contributed by atoms with Gasteiger partial charge in [0.15, 0.2) is 0 Å². The van der Waals surface area contributed by atoms with E-state index in [0.717, 1.165) is 37.4 Å². The van der Waals surface area contributed by atoms with Gasteiger partial charge in [-0.3, -0.25) is 9.78 Å². The fourth-order valence-corrected chi connectivity index (χ4v) is 2.80. The van der Waals surface area contributed by atoms with Crippen molar-refractivity contribution < 1.29 is 4.79 Å². The second-order valence-electron chi connectivity index (χ2n) is 6.07. The van der Waals surface area contributed by atoms with E-state index in [9.17, 15) is 4.79 Å². The van der Waals surface area contributed by atoms with Gasteiger partial charge in [-0.15, -0.1) is 0 Å². The average Bonchev–Trinajstić information content (AvgIpc) is 2.64. The van der Waals surface area contributed by atoms with Crippen molar-refractivity contribution in [1.29, 1.82) is 0 Å². The summed E-state index contributed by atoms with van der Waals surface area (Å²) in [6.07, 6.45) is 6.25. The molecule has 2 heterocycles. The Morgan fingerprint density at radius 2 is 2.14 bits per heavy atom. The first-order chi connectivity index (χ1) is 10.1. The smallest absolute Gasteiger partial charge is 0.222 e. The van der Waals surface area contributed by atoms with Gasteiger partial charge in [-0.2, -0.15) is 0 Å². The summed E-state index contributed by atoms with van der Waals surface area (Å²) in [6.45, 7) is 8.75. The van der Waals surface area contributed by atoms with Gasteiger partial charge in [0.1, 0.15) is 5.82 Å². The van der Waals surface area contributed by atoms with Gasteiger partial charge in [-0.25, -0.2) is 4.98 Å². The van der Waals surface area contributed by atoms with Crippen LogP contribution in [0, 0.1) is 11.8 Å². The van der Waals surface area contributed by atoms with Crippen LogP contribution in [0.25, 0.3) is 0 Å². The van der Waals surface area contributed by atoms with Gasteiger partial charge < -0.3 is 10.2 Å². The number of nitrogens with one attached hydrogen (secondary N) is 1. The summed E-state index contributed by atoms with van der Waals surface area (Å²) >= 11 is 0. The first-order valence-corrected chi connectivity index (χ1v) is 7.92. The molecule has 1 atom stereocenters. The summed E-state index contributed by atoms with van der Waals surface area (Å²) in [5.74, 6) is 2.33. The zero-order valence-electron chi connectivity index (χ0n) is 13.3. The third-order valence-electron chi connectivity index (χ3n) is 4.21. The number of carbonyl (C=O) groups excluding carboxylic acids is 1. The molecular weight excluding hydrogens is 264 g/mol. The standard InChI is InChI=1S/C16H26N4O/c1-4-17-15-10-18-14(9-19-15)11-20-8-7-13(12(2)3)5-6-16(20)21/h9-10,12-13H,4-8,11H2,1-3H3,(H,17,19). The Kier molecular flexibility index (Phi) is 5.53. The van der Waals surface area contributed by atoms with Crippen LogP contribution in [0.15, 0.2) is 12.4 Å². The fraction of sp³-hybridized carbons (Fsp3) is 0.688. The highest BCUT2D eigenvalue weighted by Crippen LogP contribution is 2.25. The third kappa shape index (κ3) is 4.41. The Hall–Kier alpha value is -1.65. The van der Waals surface area contributed by atoms with Crippen molar-refractivity contribution >= 4 is 11.7 Å². The largest absolute Gasteiger partial charge is 0.369 e. The van der Waals surface area contributed by atoms with E-state index in [0.29, 0.717) is 24.8 Å². The van der Waals surface area contributed by atoms with Crippen molar-refractivity contribution in [1.82, 2.24) is 14.9 Å². The van der Waals surface area contributed by atoms with Gasteiger partial charge in [0.05, 0.1) is 24.6 Å². The SMILES string of the molecule is CCNc1cnc(CN2CCC(C(C)C)CCC2=O)cn1. The summed E-state index contributed by atoms with van der Waals surface area (Å²) in [7, 11) is 0. The van der Waals surface area contributed by atoms with E-state index in [1.807, 2.05) is 11.8 Å². The maximum absolute atomic E-state index is 12.2. The number of hydrogen-bond acceptors (Lipinski definition) is 4. The van der Waals surface area contributed by atoms with E-state index in [-0.39, 0.29) is 5.91 Å². The highest BCUT2D eigenvalue weighted by Gasteiger charge is 2.24. The molecule has 1 saturated heterocycles. The topological polar surface area (TPSA) is 58.1 Å². The number of likely N-dealkylation sites (tertiary alicyclic amines) is 1. The lowest BCUT2D eigenvalue weighted by Gasteiger charge is -2.21. The van der Waals surface area contributed by atoms with Crippen LogP contribution in [-0.4, -0.2) is 33.9 Å². The average molecular weight is 290 g/mol. The molecule has 0 bridgehead atoms. The molecule has 0 spiro atoms. The van der Waals surface area contributed by atoms with Crippen LogP contribution in [0.5, 0.6) is 0 Å². The number of amides is 1. The van der Waals surface area contributed by atoms with E-state index < -0.39 is 0 Å². The molecule has 21 heavy (non-hydrogen) atoms. The first-order valence-electron chi connectivity index (χ1n) is 7.92. The molecule has 1 aromatic heterocycles. The van der Waals surface area contributed by atoms with E-state index >= 15 is 0 Å². The quantitative estimate of drug-likeness (QED) is 0.906. The molecule has 1 aliphatic rings. The molecule has 0 aliphatic carbocycles. The number of nitrogens with zero attached hydrogens (tertiary/aromatic N) is 3. The van der Waals surface area contributed by atoms with Crippen molar-refractivity contribution in [3.8, 4) is 0 Å². The van der Waals surface area contributed by atoms with Gasteiger partial charge in [0.2, 0.25) is 5.91 Å². The van der Waals surface area contributed by atoms with E-state index in [1.54, 1.807) is 12.4 Å². The Morgan fingerprint density at radius 3 is 2.76 bits per heavy atom. The fourth-order valence-electron chi connectivity index (χ4n) is 2.80. The maximum atomic E-state index is 12.2. The Balaban J connectivity index is 1.96. The molecule has 5 nitrogen and oxygen atoms in total. The van der Waals surface area contributed by atoms with Gasteiger partial charge in [0, 0.05) is 19.5 Å². The van der Waals surface area contributed by atoms with E-state index in [2.05, 4.69) is 29.1 Å². The molecule has 1 aromatic rings. The lowest BCUT2D eigenvalue weighted by atomic mass is 9.89. The molecule has 0 aromatic carbocycles. The van der Waals surface area contributed by atoms with Crippen LogP contribution in [0.4, 0.5) is 5.82 Å². The number of carbonyl (C=O) groups is 1. The minimum absolute atomic E-state index is 0.246. The third-order valence-corrected chi connectivity index (χ3v) is 4.21. The van der Waals surface area contributed by atoms with Crippen molar-refractivity contribution in [3.63, 3.8) is 0 Å². The highest BCUT2D eigenvalue weighted by molar-refractivity contribution is 5.76. The summed E-state index contributed by atoms with van der Waals surface area (Å²) in [5, 5.41) is 3.12. The Bertz CT molecular complexity index is 458. The summed E-state index contributed by atoms with van der Waals surface area (Å²) < 4.78 is 0. The maximum Gasteiger partial charge on any atom is 0.222 e. The molecule has 1 aliphatic heterocycles. The molecule has 0 saturated carbocycles. The second kappa shape index (κ2) is 7.38. The minimum atomic E-state index is 0.246. The monoisotopic (exact) mass is 290 g/mol. The molecule has 5 heteroatoms. The molecule has 1 unspecified atom stereocenters. The second-order valence-corrected chi connectivity index (χ2v) is 6.07. The first kappa shape index (κ1) is 15.7. The van der Waals surface area contributed by atoms with Crippen LogP contribution in [0.2, 0.25) is 0 Å². The van der Waals surface area contributed by atoms with Crippen molar-refractivity contribution in [3.05, 3.63) is 18.1 Å². The zero-order chi connectivity index (χ0) is 15.2. The van der Waals surface area contributed by atoms with Gasteiger partial charge in [0.25, 0.3) is 0 Å². The minimum Gasteiger partial charge on any atom is -0.369 e. The molecule has 116 valence electrons. The Morgan fingerprint density at radius 1 is 1.33 bits per heavy atom. The van der Waals surface area contributed by atoms with Gasteiger partial charge >= 0.3 is 0 Å². The number of anilines is 1. The summed E-state index contributed by atoms with van der Waals surface area (Å²) in [5.41, 5.74) is 0.855. The van der Waals surface area contributed by atoms with E-state index in [1.165, 1.54) is 0 Å². The van der Waals surface area contributed by atoms with Crippen molar-refractivity contribution in [2.24, 2.45) is 11.8 Å². The van der Waals surface area contributed by atoms with Crippen LogP contribution in [-0.2, 0) is 11.3 Å². The summed E-state index contributed by atoms with van der Waals surface area (Å²) in [6, 6.07) is 0. The Labute approximate surface area is 127 Å². The number of aromatic nitrogens is 2. The van der Waals surface area contributed by atoms with Crippen LogP contribution in [0.1, 0.15) is 45.7 Å². The predicted molar refractivity (Wildman–Crippen MR) is 83.8 cm³/mol. The van der Waals surface area contributed by atoms with Gasteiger partial charge in [-0.05, 0) is 31.6 Å². The molecule has 1 amide bonds. The van der Waals surface area contributed by atoms with Gasteiger partial charge in [-0.1, -0.05) is 13.8 Å². The summed E-state index contributed by atoms with van der Waals surface area (Å²) in [4.78, 5) is 22.9. The van der Waals surface area contributed by atoms with Crippen molar-refractivity contribution in [2.75, 3.05) is 18.4 Å². The zero-order valence-corrected chi connectivity index (χ0v) is 13.3. The highest BCUT2D eigenvalue weighted by atomic mass is 16.2. The lowest BCUT2D eigenvalue weighted by Crippen LogP contribution is -2.30. The van der Waals surface area contributed by atoms with Crippen LogP contribution >= 0.6 is 0 Å². The molecule has 2 rings (SSSR count). The molecular formula is C16H26N4O. The molecule has 1 N–H and O–H groups in total. The van der Waals surface area contributed by atoms with Crippen molar-refractivity contribution in [2.45, 2.75) is 46.6 Å². The van der Waals surface area contributed by atoms with Crippen LogP contribution in [0.3, 0.4) is 0 Å². The normalized spacial score (nSPS) is 19.7. The van der Waals surface area contributed by atoms with Crippen LogP contribution < -0.4 is 5.32 Å². The lowest BCUT2D eigenvalue weighted by molar-refractivity contribution is -0.131. The molecule has 1 fully saturated rings. The number of hydrogen-bond donors (Lipinski definition) is 1. The number of rotatable bonds is 5.